The van der Waals surface area contributed by atoms with Gasteiger partial charge in [-0.15, -0.1) is 0 Å². The lowest BCUT2D eigenvalue weighted by Gasteiger charge is -2.26. The minimum atomic E-state index is -0.0215. The van der Waals surface area contributed by atoms with Gasteiger partial charge in [-0.25, -0.2) is 0 Å². The monoisotopic (exact) mass is 368 g/mol. The fraction of sp³-hybridized carbons (Fsp3) is 0.300. The van der Waals surface area contributed by atoms with Crippen molar-refractivity contribution >= 4 is 17.8 Å². The maximum absolute atomic E-state index is 12.1. The molecule has 0 aromatic heterocycles. The highest BCUT2D eigenvalue weighted by Gasteiger charge is 2.17. The highest BCUT2D eigenvalue weighted by Crippen LogP contribution is 2.35. The van der Waals surface area contributed by atoms with Crippen LogP contribution in [0.15, 0.2) is 47.5 Å². The van der Waals surface area contributed by atoms with Gasteiger partial charge in [-0.1, -0.05) is 0 Å². The predicted octanol–water partition coefficient (Wildman–Crippen LogP) is 2.40. The van der Waals surface area contributed by atoms with Crippen LogP contribution in [0.1, 0.15) is 5.56 Å². The molecule has 0 unspecified atom stereocenters. The molecule has 0 saturated carbocycles. The summed E-state index contributed by atoms with van der Waals surface area (Å²) in [6.07, 6.45) is 1.76. The second-order valence-corrected chi connectivity index (χ2v) is 6.15. The summed E-state index contributed by atoms with van der Waals surface area (Å²) < 4.78 is 21.5. The highest BCUT2D eigenvalue weighted by molar-refractivity contribution is 5.82. The van der Waals surface area contributed by atoms with Crippen molar-refractivity contribution in [3.63, 3.8) is 0 Å². The molecule has 7 heteroatoms. The molecule has 0 spiro atoms. The largest absolute Gasteiger partial charge is 0.484 e. The van der Waals surface area contributed by atoms with Crippen molar-refractivity contribution in [3.05, 3.63) is 48.0 Å². The van der Waals surface area contributed by atoms with E-state index in [1.807, 2.05) is 42.5 Å². The number of benzene rings is 2. The summed E-state index contributed by atoms with van der Waals surface area (Å²) in [5.41, 5.74) is 1.72. The van der Waals surface area contributed by atoms with Crippen LogP contribution in [0.3, 0.4) is 0 Å². The van der Waals surface area contributed by atoms with Crippen LogP contribution < -0.4 is 14.2 Å². The van der Waals surface area contributed by atoms with Crippen molar-refractivity contribution in [2.75, 3.05) is 39.7 Å². The highest BCUT2D eigenvalue weighted by atomic mass is 16.7. The second-order valence-electron chi connectivity index (χ2n) is 6.15. The van der Waals surface area contributed by atoms with Gasteiger partial charge in [-0.3, -0.25) is 9.79 Å². The maximum Gasteiger partial charge on any atom is 0.260 e. The van der Waals surface area contributed by atoms with Gasteiger partial charge in [0.2, 0.25) is 6.79 Å². The van der Waals surface area contributed by atoms with E-state index in [1.165, 1.54) is 0 Å². The Morgan fingerprint density at radius 3 is 2.67 bits per heavy atom. The van der Waals surface area contributed by atoms with Crippen LogP contribution in [-0.4, -0.2) is 56.7 Å². The first-order chi connectivity index (χ1) is 13.3. The summed E-state index contributed by atoms with van der Waals surface area (Å²) in [6.45, 7) is 2.70. The smallest absolute Gasteiger partial charge is 0.260 e. The average Bonchev–Trinajstić information content (AvgIpc) is 3.20. The fourth-order valence-corrected chi connectivity index (χ4v) is 2.81. The molecular weight excluding hydrogens is 348 g/mol. The van der Waals surface area contributed by atoms with Crippen LogP contribution >= 0.6 is 0 Å². The molecule has 0 aliphatic carbocycles. The van der Waals surface area contributed by atoms with Crippen LogP contribution in [0, 0.1) is 0 Å². The molecular formula is C20H20N2O5. The molecule has 1 saturated heterocycles. The van der Waals surface area contributed by atoms with Crippen molar-refractivity contribution in [2.45, 2.75) is 0 Å². The molecule has 140 valence electrons. The van der Waals surface area contributed by atoms with Crippen LogP contribution in [-0.2, 0) is 9.53 Å². The van der Waals surface area contributed by atoms with E-state index in [-0.39, 0.29) is 19.3 Å². The topological polar surface area (TPSA) is 69.6 Å². The summed E-state index contributed by atoms with van der Waals surface area (Å²) in [6, 6.07) is 13.0. The van der Waals surface area contributed by atoms with Gasteiger partial charge in [-0.2, -0.15) is 0 Å². The van der Waals surface area contributed by atoms with Crippen molar-refractivity contribution in [2.24, 2.45) is 4.99 Å². The zero-order chi connectivity index (χ0) is 18.5. The fourth-order valence-electron chi connectivity index (χ4n) is 2.81. The summed E-state index contributed by atoms with van der Waals surface area (Å²) >= 11 is 0. The third kappa shape index (κ3) is 4.38. The van der Waals surface area contributed by atoms with E-state index in [0.29, 0.717) is 37.8 Å². The summed E-state index contributed by atoms with van der Waals surface area (Å²) in [7, 11) is 0. The first-order valence-corrected chi connectivity index (χ1v) is 8.80. The molecule has 0 N–H and O–H groups in total. The molecule has 2 aromatic carbocycles. The van der Waals surface area contributed by atoms with Gasteiger partial charge in [0.15, 0.2) is 18.1 Å². The lowest BCUT2D eigenvalue weighted by atomic mass is 10.2. The Morgan fingerprint density at radius 1 is 1.07 bits per heavy atom. The number of rotatable bonds is 5. The number of aliphatic imine (C=N–C) groups is 1. The van der Waals surface area contributed by atoms with Crippen LogP contribution in [0.2, 0.25) is 0 Å². The first-order valence-electron chi connectivity index (χ1n) is 8.80. The molecule has 4 rings (SSSR count). The van der Waals surface area contributed by atoms with Crippen molar-refractivity contribution in [3.8, 4) is 17.2 Å². The van der Waals surface area contributed by atoms with E-state index in [2.05, 4.69) is 4.99 Å². The Labute approximate surface area is 157 Å². The minimum absolute atomic E-state index is 0.0215. The average molecular weight is 368 g/mol. The Morgan fingerprint density at radius 2 is 1.85 bits per heavy atom. The molecule has 0 radical (unpaired) electrons. The van der Waals surface area contributed by atoms with Gasteiger partial charge in [0.05, 0.1) is 18.9 Å². The number of hydrogen-bond acceptors (Lipinski definition) is 6. The molecule has 7 nitrogen and oxygen atoms in total. The SMILES string of the molecule is O=C(COc1ccc(C=Nc2ccc3c(c2)OCO3)cc1)N1CCOCC1. The number of hydrogen-bond donors (Lipinski definition) is 0. The van der Waals surface area contributed by atoms with E-state index in [9.17, 15) is 4.79 Å². The lowest BCUT2D eigenvalue weighted by molar-refractivity contribution is -0.137. The number of carbonyl (C=O) groups is 1. The van der Waals surface area contributed by atoms with E-state index in [4.69, 9.17) is 18.9 Å². The molecule has 1 fully saturated rings. The van der Waals surface area contributed by atoms with Gasteiger partial charge < -0.3 is 23.8 Å². The Hall–Kier alpha value is -3.06. The standard InChI is InChI=1S/C20H20N2O5/c23-20(22-7-9-24-10-8-22)13-25-17-4-1-15(2-5-17)12-21-16-3-6-18-19(11-16)27-14-26-18/h1-6,11-12H,7-10,13-14H2. The zero-order valence-corrected chi connectivity index (χ0v) is 14.8. The zero-order valence-electron chi connectivity index (χ0n) is 14.8. The number of morpholine rings is 1. The molecule has 27 heavy (non-hydrogen) atoms. The summed E-state index contributed by atoms with van der Waals surface area (Å²) in [5, 5.41) is 0. The number of carbonyl (C=O) groups excluding carboxylic acids is 1. The molecule has 0 bridgehead atoms. The Kier molecular flexibility index (Phi) is 5.20. The van der Waals surface area contributed by atoms with E-state index >= 15 is 0 Å². The number of nitrogens with zero attached hydrogens (tertiary/aromatic N) is 2. The van der Waals surface area contributed by atoms with Crippen LogP contribution in [0.5, 0.6) is 17.2 Å². The summed E-state index contributed by atoms with van der Waals surface area (Å²) in [4.78, 5) is 18.3. The molecule has 2 aromatic rings. The van der Waals surface area contributed by atoms with Gasteiger partial charge in [0.1, 0.15) is 5.75 Å². The lowest BCUT2D eigenvalue weighted by Crippen LogP contribution is -2.42. The van der Waals surface area contributed by atoms with E-state index < -0.39 is 0 Å². The normalized spacial score (nSPS) is 15.9. The first kappa shape index (κ1) is 17.4. The van der Waals surface area contributed by atoms with E-state index in [1.54, 1.807) is 11.1 Å². The number of amides is 1. The van der Waals surface area contributed by atoms with Crippen LogP contribution in [0.25, 0.3) is 0 Å². The van der Waals surface area contributed by atoms with Gasteiger partial charge in [0, 0.05) is 25.4 Å². The van der Waals surface area contributed by atoms with Gasteiger partial charge in [0.25, 0.3) is 5.91 Å². The van der Waals surface area contributed by atoms with Crippen LogP contribution in [0.4, 0.5) is 5.69 Å². The minimum Gasteiger partial charge on any atom is -0.484 e. The number of ether oxygens (including phenoxy) is 4. The van der Waals surface area contributed by atoms with Crippen molar-refractivity contribution in [1.82, 2.24) is 4.90 Å². The molecule has 2 aliphatic rings. The van der Waals surface area contributed by atoms with Gasteiger partial charge >= 0.3 is 0 Å². The third-order valence-electron chi connectivity index (χ3n) is 4.33. The molecule has 0 atom stereocenters. The van der Waals surface area contributed by atoms with Gasteiger partial charge in [-0.05, 0) is 42.0 Å². The van der Waals surface area contributed by atoms with Crippen molar-refractivity contribution < 1.29 is 23.7 Å². The predicted molar refractivity (Wildman–Crippen MR) is 99.2 cm³/mol. The third-order valence-corrected chi connectivity index (χ3v) is 4.33. The second kappa shape index (κ2) is 8.09. The molecule has 1 amide bonds. The Bertz CT molecular complexity index is 829. The summed E-state index contributed by atoms with van der Waals surface area (Å²) in [5.74, 6) is 2.07. The van der Waals surface area contributed by atoms with E-state index in [0.717, 1.165) is 17.0 Å². The maximum atomic E-state index is 12.1. The number of fused-ring (bicyclic) bond motifs is 1. The Balaban J connectivity index is 1.31. The van der Waals surface area contributed by atoms with Crippen molar-refractivity contribution in [1.29, 1.82) is 0 Å². The molecule has 2 heterocycles. The quantitative estimate of drug-likeness (QED) is 0.758. The molecule has 2 aliphatic heterocycles.